The Hall–Kier alpha value is -6.55. The number of rotatable bonds is 4. The Morgan fingerprint density at radius 3 is 1.30 bits per heavy atom. The van der Waals surface area contributed by atoms with Gasteiger partial charge in [-0.2, -0.15) is 15.8 Å². The first-order chi connectivity index (χ1) is 24.6. The van der Waals surface area contributed by atoms with Crippen molar-refractivity contribution in [2.24, 2.45) is 0 Å². The van der Waals surface area contributed by atoms with E-state index in [-0.39, 0.29) is 0 Å². The highest BCUT2D eigenvalue weighted by atomic mass is 32.1. The molecule has 3 nitrogen and oxygen atoms in total. The van der Waals surface area contributed by atoms with Crippen LogP contribution < -0.4 is 0 Å². The van der Waals surface area contributed by atoms with E-state index in [1.807, 2.05) is 72.8 Å². The normalized spacial score (nSPS) is 11.1. The van der Waals surface area contributed by atoms with E-state index in [2.05, 4.69) is 84.9 Å². The van der Waals surface area contributed by atoms with E-state index in [1.165, 1.54) is 9.40 Å². The number of hydrogen-bond acceptors (Lipinski definition) is 5. The van der Waals surface area contributed by atoms with Crippen LogP contribution >= 0.6 is 22.7 Å². The van der Waals surface area contributed by atoms with Gasteiger partial charge >= 0.3 is 0 Å². The molecule has 0 saturated heterocycles. The van der Waals surface area contributed by atoms with Crippen LogP contribution in [0.25, 0.3) is 84.9 Å². The van der Waals surface area contributed by atoms with Gasteiger partial charge < -0.3 is 0 Å². The predicted molar refractivity (Wildman–Crippen MR) is 208 cm³/mol. The van der Waals surface area contributed by atoms with Crippen LogP contribution in [0.4, 0.5) is 0 Å². The zero-order valence-electron chi connectivity index (χ0n) is 26.4. The van der Waals surface area contributed by atoms with Crippen molar-refractivity contribution < 1.29 is 0 Å². The van der Waals surface area contributed by atoms with E-state index in [9.17, 15) is 15.8 Å². The molecule has 0 unspecified atom stereocenters. The zero-order chi connectivity index (χ0) is 33.8. The molecule has 0 aliphatic rings. The third-order valence-corrected chi connectivity index (χ3v) is 11.7. The molecule has 0 aliphatic heterocycles. The molecule has 0 bridgehead atoms. The second-order valence-electron chi connectivity index (χ2n) is 12.3. The minimum absolute atomic E-state index is 0.634. The van der Waals surface area contributed by atoms with Crippen LogP contribution in [0.5, 0.6) is 0 Å². The molecule has 2 aromatic heterocycles. The van der Waals surface area contributed by atoms with Crippen LogP contribution in [0.2, 0.25) is 0 Å². The average molecular weight is 670 g/mol. The second-order valence-corrected chi connectivity index (χ2v) is 14.4. The number of thiophene rings is 2. The number of fused-ring (bicyclic) bond motifs is 6. The number of nitrogens with zero attached hydrogens (tertiary/aromatic N) is 3. The summed E-state index contributed by atoms with van der Waals surface area (Å²) in [7, 11) is 0. The first kappa shape index (κ1) is 29.6. The Morgan fingerprint density at radius 2 is 0.780 bits per heavy atom. The molecule has 0 fully saturated rings. The summed E-state index contributed by atoms with van der Waals surface area (Å²) >= 11 is 3.48. The number of hydrogen-bond donors (Lipinski definition) is 0. The highest BCUT2D eigenvalue weighted by molar-refractivity contribution is 7.26. The molecule has 0 saturated carbocycles. The van der Waals surface area contributed by atoms with Crippen LogP contribution in [0.15, 0.2) is 140 Å². The summed E-state index contributed by atoms with van der Waals surface area (Å²) in [5.41, 5.74) is 10.2. The molecule has 5 heteroatoms. The largest absolute Gasteiger partial charge is 0.192 e. The molecule has 0 amide bonds. The standard InChI is InChI=1S/C45H23N3S2/c46-24-27-9-13-42-38(17-27)40-22-29(11-15-44(40)49-42)32-19-33(30-12-16-45-41(23-30)39-18-28(25-47)10-14-43(39)50-45)21-34(20-32)36-7-3-4-8-37(36)35-6-2-1-5-31(35)26-48/h1-23H. The lowest BCUT2D eigenvalue weighted by atomic mass is 9.88. The molecule has 0 radical (unpaired) electrons. The quantitative estimate of drug-likeness (QED) is 0.187. The van der Waals surface area contributed by atoms with Crippen LogP contribution in [0, 0.1) is 34.0 Å². The summed E-state index contributed by atoms with van der Waals surface area (Å²) in [6.07, 6.45) is 0. The van der Waals surface area contributed by atoms with E-state index in [4.69, 9.17) is 0 Å². The molecule has 0 N–H and O–H groups in total. The fraction of sp³-hybridized carbons (Fsp3) is 0. The fourth-order valence-electron chi connectivity index (χ4n) is 6.95. The molecule has 7 aromatic carbocycles. The highest BCUT2D eigenvalue weighted by Gasteiger charge is 2.16. The van der Waals surface area contributed by atoms with Crippen molar-refractivity contribution in [1.82, 2.24) is 0 Å². The van der Waals surface area contributed by atoms with Gasteiger partial charge in [0, 0.05) is 45.9 Å². The molecule has 0 aliphatic carbocycles. The molecular weight excluding hydrogens is 647 g/mol. The molecule has 2 heterocycles. The van der Waals surface area contributed by atoms with Gasteiger partial charge in [0.15, 0.2) is 0 Å². The topological polar surface area (TPSA) is 71.4 Å². The van der Waals surface area contributed by atoms with Gasteiger partial charge in [0.25, 0.3) is 0 Å². The third kappa shape index (κ3) is 4.92. The SMILES string of the molecule is N#Cc1ccc2sc3ccc(-c4cc(-c5ccc6sc7ccc(C#N)cc7c6c5)cc(-c5ccccc5-c5ccccc5C#N)c4)cc3c2c1. The van der Waals surface area contributed by atoms with Crippen LogP contribution in [-0.2, 0) is 0 Å². The van der Waals surface area contributed by atoms with Crippen LogP contribution in [-0.4, -0.2) is 0 Å². The average Bonchev–Trinajstić information content (AvgIpc) is 3.74. The van der Waals surface area contributed by atoms with Gasteiger partial charge in [-0.15, -0.1) is 22.7 Å². The Morgan fingerprint density at radius 1 is 0.340 bits per heavy atom. The van der Waals surface area contributed by atoms with Crippen molar-refractivity contribution in [3.8, 4) is 62.7 Å². The van der Waals surface area contributed by atoms with Crippen molar-refractivity contribution >= 4 is 63.0 Å². The van der Waals surface area contributed by atoms with Crippen LogP contribution in [0.1, 0.15) is 16.7 Å². The van der Waals surface area contributed by atoms with E-state index < -0.39 is 0 Å². The van der Waals surface area contributed by atoms with Gasteiger partial charge in [-0.3, -0.25) is 0 Å². The van der Waals surface area contributed by atoms with Crippen molar-refractivity contribution in [2.75, 3.05) is 0 Å². The van der Waals surface area contributed by atoms with E-state index in [1.54, 1.807) is 22.7 Å². The first-order valence-corrected chi connectivity index (χ1v) is 17.7. The maximum absolute atomic E-state index is 10.00. The molecule has 9 rings (SSSR count). The third-order valence-electron chi connectivity index (χ3n) is 9.37. The maximum atomic E-state index is 10.00. The smallest absolute Gasteiger partial charge is 0.0998 e. The van der Waals surface area contributed by atoms with Gasteiger partial charge in [0.2, 0.25) is 0 Å². The highest BCUT2D eigenvalue weighted by Crippen LogP contribution is 2.42. The zero-order valence-corrected chi connectivity index (χ0v) is 28.1. The Bertz CT molecular complexity index is 2830. The lowest BCUT2D eigenvalue weighted by Gasteiger charge is -2.15. The first-order valence-electron chi connectivity index (χ1n) is 16.1. The molecule has 230 valence electrons. The van der Waals surface area contributed by atoms with Gasteiger partial charge in [-0.1, -0.05) is 54.6 Å². The van der Waals surface area contributed by atoms with Crippen molar-refractivity contribution in [2.45, 2.75) is 0 Å². The lowest BCUT2D eigenvalue weighted by molar-refractivity contribution is 1.47. The predicted octanol–water partition coefficient (Wildman–Crippen LogP) is 12.7. The molecule has 50 heavy (non-hydrogen) atoms. The van der Waals surface area contributed by atoms with Crippen LogP contribution in [0.3, 0.4) is 0 Å². The molecular formula is C45H23N3S2. The fourth-order valence-corrected chi connectivity index (χ4v) is 9.09. The molecule has 9 aromatic rings. The van der Waals surface area contributed by atoms with Crippen molar-refractivity contribution in [1.29, 1.82) is 15.8 Å². The van der Waals surface area contributed by atoms with Gasteiger partial charge in [-0.05, 0) is 124 Å². The van der Waals surface area contributed by atoms with Gasteiger partial charge in [-0.25, -0.2) is 0 Å². The Labute approximate surface area is 296 Å². The molecule has 0 atom stereocenters. The summed E-state index contributed by atoms with van der Waals surface area (Å²) in [5.74, 6) is 0. The van der Waals surface area contributed by atoms with E-state index in [0.29, 0.717) is 16.7 Å². The minimum Gasteiger partial charge on any atom is -0.192 e. The van der Waals surface area contributed by atoms with Gasteiger partial charge in [0.1, 0.15) is 0 Å². The number of nitriles is 3. The monoisotopic (exact) mass is 669 g/mol. The van der Waals surface area contributed by atoms with E-state index in [0.717, 1.165) is 75.5 Å². The van der Waals surface area contributed by atoms with E-state index >= 15 is 0 Å². The van der Waals surface area contributed by atoms with Crippen molar-refractivity contribution in [3.05, 3.63) is 156 Å². The minimum atomic E-state index is 0.634. The Balaban J connectivity index is 1.29. The van der Waals surface area contributed by atoms with Gasteiger partial charge in [0.05, 0.1) is 34.9 Å². The Kier molecular flexibility index (Phi) is 7.01. The summed E-state index contributed by atoms with van der Waals surface area (Å²) < 4.78 is 4.68. The molecule has 0 spiro atoms. The van der Waals surface area contributed by atoms with Crippen molar-refractivity contribution in [3.63, 3.8) is 0 Å². The summed E-state index contributed by atoms with van der Waals surface area (Å²) in [5, 5.41) is 33.7. The second kappa shape index (κ2) is 11.9. The summed E-state index contributed by atoms with van der Waals surface area (Å²) in [4.78, 5) is 0. The number of benzene rings is 7. The summed E-state index contributed by atoms with van der Waals surface area (Å²) in [6.45, 7) is 0. The maximum Gasteiger partial charge on any atom is 0.0998 e. The summed E-state index contributed by atoms with van der Waals surface area (Å²) in [6, 6.07) is 54.8. The lowest BCUT2D eigenvalue weighted by Crippen LogP contribution is -1.91.